The van der Waals surface area contributed by atoms with E-state index < -0.39 is 0 Å². The van der Waals surface area contributed by atoms with Gasteiger partial charge in [-0.25, -0.2) is 0 Å². The Labute approximate surface area is 107 Å². The van der Waals surface area contributed by atoms with Gasteiger partial charge in [-0.2, -0.15) is 0 Å². The van der Waals surface area contributed by atoms with Crippen molar-refractivity contribution in [2.75, 3.05) is 0 Å². The molecule has 0 aliphatic rings. The molecule has 16 heavy (non-hydrogen) atoms. The molecule has 1 aromatic heterocycles. The first-order valence-corrected chi connectivity index (χ1v) is 6.56. The Morgan fingerprint density at radius 2 is 1.81 bits per heavy atom. The first-order valence-electron chi connectivity index (χ1n) is 4.95. The van der Waals surface area contributed by atoms with Crippen LogP contribution in [0, 0.1) is 13.8 Å². The van der Waals surface area contributed by atoms with Gasteiger partial charge in [0, 0.05) is 14.9 Å². The zero-order valence-electron chi connectivity index (χ0n) is 9.08. The number of benzene rings is 1. The molecule has 0 bridgehead atoms. The van der Waals surface area contributed by atoms with Gasteiger partial charge in [0.1, 0.15) is 0 Å². The third-order valence-corrected chi connectivity index (χ3v) is 4.18. The van der Waals surface area contributed by atoms with Gasteiger partial charge < -0.3 is 0 Å². The summed E-state index contributed by atoms with van der Waals surface area (Å²) >= 11 is 4.92. The minimum Gasteiger partial charge on any atom is -0.288 e. The van der Waals surface area contributed by atoms with E-state index in [1.807, 2.05) is 44.2 Å². The molecule has 0 atom stereocenters. The van der Waals surface area contributed by atoms with E-state index in [4.69, 9.17) is 0 Å². The molecular weight excluding hydrogens is 284 g/mol. The average molecular weight is 295 g/mol. The summed E-state index contributed by atoms with van der Waals surface area (Å²) in [6, 6.07) is 9.43. The van der Waals surface area contributed by atoms with Crippen molar-refractivity contribution in [3.8, 4) is 0 Å². The molecule has 0 aliphatic carbocycles. The highest BCUT2D eigenvalue weighted by Crippen LogP contribution is 2.23. The Kier molecular flexibility index (Phi) is 3.26. The summed E-state index contributed by atoms with van der Waals surface area (Å²) in [6.45, 7) is 4.07. The van der Waals surface area contributed by atoms with Gasteiger partial charge in [0.05, 0.1) is 4.88 Å². The Morgan fingerprint density at radius 1 is 1.19 bits per heavy atom. The van der Waals surface area contributed by atoms with E-state index >= 15 is 0 Å². The van der Waals surface area contributed by atoms with Crippen LogP contribution in [-0.2, 0) is 0 Å². The van der Waals surface area contributed by atoms with E-state index in [2.05, 4.69) is 15.9 Å². The number of halogens is 1. The second kappa shape index (κ2) is 4.52. The van der Waals surface area contributed by atoms with E-state index in [1.165, 1.54) is 10.4 Å². The molecule has 0 radical (unpaired) electrons. The fourth-order valence-corrected chi connectivity index (χ4v) is 2.69. The van der Waals surface area contributed by atoms with E-state index in [0.29, 0.717) is 0 Å². The quantitative estimate of drug-likeness (QED) is 0.752. The number of carbonyl (C=O) groups excluding carboxylic acids is 1. The molecule has 0 saturated carbocycles. The molecule has 0 aliphatic heterocycles. The van der Waals surface area contributed by atoms with Crippen LogP contribution in [0.15, 0.2) is 34.8 Å². The van der Waals surface area contributed by atoms with Crippen molar-refractivity contribution in [3.05, 3.63) is 55.7 Å². The van der Waals surface area contributed by atoms with Crippen molar-refractivity contribution >= 4 is 33.0 Å². The number of hydrogen-bond acceptors (Lipinski definition) is 2. The fourth-order valence-electron chi connectivity index (χ4n) is 1.43. The highest BCUT2D eigenvalue weighted by Gasteiger charge is 2.12. The predicted molar refractivity (Wildman–Crippen MR) is 71.4 cm³/mol. The molecule has 0 spiro atoms. The molecule has 1 heterocycles. The minimum atomic E-state index is 0.105. The van der Waals surface area contributed by atoms with Gasteiger partial charge in [0.2, 0.25) is 5.78 Å². The molecule has 0 N–H and O–H groups in total. The smallest absolute Gasteiger partial charge is 0.202 e. The lowest BCUT2D eigenvalue weighted by atomic mass is 10.1. The second-order valence-corrected chi connectivity index (χ2v) is 5.86. The molecule has 82 valence electrons. The number of carbonyl (C=O) groups is 1. The highest BCUT2D eigenvalue weighted by atomic mass is 79.9. The number of thiophene rings is 1. The van der Waals surface area contributed by atoms with Crippen molar-refractivity contribution in [1.29, 1.82) is 0 Å². The lowest BCUT2D eigenvalue weighted by Crippen LogP contribution is -1.97. The molecule has 1 aromatic carbocycles. The molecule has 0 saturated heterocycles. The third kappa shape index (κ3) is 2.25. The summed E-state index contributed by atoms with van der Waals surface area (Å²) in [5.74, 6) is 0.105. The van der Waals surface area contributed by atoms with Gasteiger partial charge in [-0.3, -0.25) is 4.79 Å². The predicted octanol–water partition coefficient (Wildman–Crippen LogP) is 4.36. The largest absolute Gasteiger partial charge is 0.288 e. The van der Waals surface area contributed by atoms with Gasteiger partial charge in [-0.1, -0.05) is 15.9 Å². The molecular formula is C13H11BrOS. The SMILES string of the molecule is Cc1cc(C(=O)c2ccc(Br)cc2)sc1C. The topological polar surface area (TPSA) is 17.1 Å². The van der Waals surface area contributed by atoms with Crippen LogP contribution >= 0.6 is 27.3 Å². The third-order valence-electron chi connectivity index (χ3n) is 2.50. The Bertz CT molecular complexity index is 506. The molecule has 2 rings (SSSR count). The van der Waals surface area contributed by atoms with Gasteiger partial charge in [0.15, 0.2) is 0 Å². The Balaban J connectivity index is 2.35. The first-order chi connectivity index (χ1) is 7.58. The summed E-state index contributed by atoms with van der Waals surface area (Å²) in [4.78, 5) is 14.1. The Morgan fingerprint density at radius 3 is 2.31 bits per heavy atom. The van der Waals surface area contributed by atoms with Crippen LogP contribution in [0.5, 0.6) is 0 Å². The minimum absolute atomic E-state index is 0.105. The van der Waals surface area contributed by atoms with Crippen LogP contribution in [0.25, 0.3) is 0 Å². The maximum atomic E-state index is 12.1. The zero-order chi connectivity index (χ0) is 11.7. The summed E-state index contributed by atoms with van der Waals surface area (Å²) in [6.07, 6.45) is 0. The van der Waals surface area contributed by atoms with Gasteiger partial charge in [-0.15, -0.1) is 11.3 Å². The van der Waals surface area contributed by atoms with Crippen molar-refractivity contribution in [1.82, 2.24) is 0 Å². The highest BCUT2D eigenvalue weighted by molar-refractivity contribution is 9.10. The molecule has 0 unspecified atom stereocenters. The lowest BCUT2D eigenvalue weighted by molar-refractivity contribution is 0.104. The van der Waals surface area contributed by atoms with E-state index in [0.717, 1.165) is 14.9 Å². The molecule has 0 amide bonds. The Hall–Kier alpha value is -0.930. The summed E-state index contributed by atoms with van der Waals surface area (Å²) < 4.78 is 0.989. The van der Waals surface area contributed by atoms with Crippen molar-refractivity contribution in [3.63, 3.8) is 0 Å². The number of ketones is 1. The molecule has 0 fully saturated rings. The van der Waals surface area contributed by atoms with Crippen LogP contribution in [0.3, 0.4) is 0 Å². The molecule has 3 heteroatoms. The van der Waals surface area contributed by atoms with Crippen molar-refractivity contribution < 1.29 is 4.79 Å². The summed E-state index contributed by atoms with van der Waals surface area (Å²) in [7, 11) is 0. The zero-order valence-corrected chi connectivity index (χ0v) is 11.5. The number of aryl methyl sites for hydroxylation is 2. The van der Waals surface area contributed by atoms with E-state index in [1.54, 1.807) is 11.3 Å². The van der Waals surface area contributed by atoms with Crippen molar-refractivity contribution in [2.45, 2.75) is 13.8 Å². The van der Waals surface area contributed by atoms with E-state index in [-0.39, 0.29) is 5.78 Å². The maximum Gasteiger partial charge on any atom is 0.202 e. The van der Waals surface area contributed by atoms with Gasteiger partial charge >= 0.3 is 0 Å². The summed E-state index contributed by atoms with van der Waals surface area (Å²) in [5.41, 5.74) is 1.93. The maximum absolute atomic E-state index is 12.1. The lowest BCUT2D eigenvalue weighted by Gasteiger charge is -1.97. The number of hydrogen-bond donors (Lipinski definition) is 0. The van der Waals surface area contributed by atoms with Crippen LogP contribution in [-0.4, -0.2) is 5.78 Å². The standard InChI is InChI=1S/C13H11BrOS/c1-8-7-12(16-9(8)2)13(15)10-3-5-11(14)6-4-10/h3-7H,1-2H3. The van der Waals surface area contributed by atoms with Gasteiger partial charge in [0.25, 0.3) is 0 Å². The normalized spacial score (nSPS) is 10.4. The second-order valence-electron chi connectivity index (χ2n) is 3.69. The average Bonchev–Trinajstić information content (AvgIpc) is 2.59. The van der Waals surface area contributed by atoms with Crippen LogP contribution < -0.4 is 0 Å². The van der Waals surface area contributed by atoms with Gasteiger partial charge in [-0.05, 0) is 49.7 Å². The van der Waals surface area contributed by atoms with Crippen LogP contribution in [0.2, 0.25) is 0 Å². The fraction of sp³-hybridized carbons (Fsp3) is 0.154. The molecule has 2 aromatic rings. The van der Waals surface area contributed by atoms with Crippen LogP contribution in [0.1, 0.15) is 25.7 Å². The van der Waals surface area contributed by atoms with E-state index in [9.17, 15) is 4.79 Å². The first kappa shape index (κ1) is 11.6. The van der Waals surface area contributed by atoms with Crippen molar-refractivity contribution in [2.24, 2.45) is 0 Å². The number of rotatable bonds is 2. The summed E-state index contributed by atoms with van der Waals surface area (Å²) in [5, 5.41) is 0. The molecule has 1 nitrogen and oxygen atoms in total. The van der Waals surface area contributed by atoms with Crippen LogP contribution in [0.4, 0.5) is 0 Å². The monoisotopic (exact) mass is 294 g/mol.